The van der Waals surface area contributed by atoms with Crippen LogP contribution in [0.2, 0.25) is 5.02 Å². The molecular weight excluding hydrogens is 234 g/mol. The molecule has 2 rings (SSSR count). The van der Waals surface area contributed by atoms with Crippen LogP contribution in [-0.4, -0.2) is 18.7 Å². The summed E-state index contributed by atoms with van der Waals surface area (Å²) >= 11 is 5.95. The lowest BCUT2D eigenvalue weighted by molar-refractivity contribution is 0.0283. The molecule has 0 saturated heterocycles. The Bertz CT molecular complexity index is 356. The highest BCUT2D eigenvalue weighted by atomic mass is 35.5. The molecule has 94 valence electrons. The second-order valence-corrected chi connectivity index (χ2v) is 5.01. The Kier molecular flexibility index (Phi) is 4.84. The van der Waals surface area contributed by atoms with E-state index in [0.717, 1.165) is 23.6 Å². The van der Waals surface area contributed by atoms with Gasteiger partial charge in [-0.1, -0.05) is 30.7 Å². The van der Waals surface area contributed by atoms with Crippen molar-refractivity contribution in [2.75, 3.05) is 6.54 Å². The highest BCUT2D eigenvalue weighted by molar-refractivity contribution is 6.30. The van der Waals surface area contributed by atoms with Crippen molar-refractivity contribution in [1.29, 1.82) is 0 Å². The topological polar surface area (TPSA) is 21.3 Å². The Labute approximate surface area is 108 Å². The van der Waals surface area contributed by atoms with Gasteiger partial charge in [0, 0.05) is 11.1 Å². The van der Waals surface area contributed by atoms with Gasteiger partial charge >= 0.3 is 0 Å². The van der Waals surface area contributed by atoms with Gasteiger partial charge in [-0.3, -0.25) is 0 Å². The maximum Gasteiger partial charge on any atom is 0.0732 e. The van der Waals surface area contributed by atoms with Crippen LogP contribution < -0.4 is 5.32 Å². The minimum atomic E-state index is 0.355. The number of rotatable bonds is 5. The van der Waals surface area contributed by atoms with Crippen molar-refractivity contribution in [2.24, 2.45) is 0 Å². The lowest BCUT2D eigenvalue weighted by Gasteiger charge is -2.20. The predicted molar refractivity (Wildman–Crippen MR) is 71.3 cm³/mol. The van der Waals surface area contributed by atoms with Crippen molar-refractivity contribution < 1.29 is 4.74 Å². The van der Waals surface area contributed by atoms with E-state index in [1.807, 2.05) is 18.2 Å². The van der Waals surface area contributed by atoms with Gasteiger partial charge in [-0.25, -0.2) is 0 Å². The van der Waals surface area contributed by atoms with Crippen molar-refractivity contribution in [3.63, 3.8) is 0 Å². The largest absolute Gasteiger partial charge is 0.372 e. The highest BCUT2D eigenvalue weighted by Gasteiger charge is 2.26. The van der Waals surface area contributed by atoms with E-state index in [2.05, 4.69) is 18.3 Å². The number of hydrogen-bond acceptors (Lipinski definition) is 2. The number of nitrogens with one attached hydrogen (secondary N) is 1. The second-order valence-electron chi connectivity index (χ2n) is 4.57. The molecule has 1 N–H and O–H groups in total. The first kappa shape index (κ1) is 12.9. The summed E-state index contributed by atoms with van der Waals surface area (Å²) in [6.07, 6.45) is 4.01. The van der Waals surface area contributed by atoms with Crippen LogP contribution >= 0.6 is 11.6 Å². The van der Waals surface area contributed by atoms with E-state index >= 15 is 0 Å². The maximum atomic E-state index is 5.99. The van der Waals surface area contributed by atoms with E-state index in [9.17, 15) is 0 Å². The van der Waals surface area contributed by atoms with Gasteiger partial charge < -0.3 is 10.1 Å². The molecule has 1 aromatic rings. The van der Waals surface area contributed by atoms with E-state index < -0.39 is 0 Å². The van der Waals surface area contributed by atoms with Gasteiger partial charge in [0.15, 0.2) is 0 Å². The number of halogens is 1. The summed E-state index contributed by atoms with van der Waals surface area (Å²) in [4.78, 5) is 0. The third-order valence-corrected chi connectivity index (χ3v) is 3.51. The third-order valence-electron chi connectivity index (χ3n) is 3.27. The predicted octanol–water partition coefficient (Wildman–Crippen LogP) is 3.39. The summed E-state index contributed by atoms with van der Waals surface area (Å²) in [6.45, 7) is 3.82. The molecule has 3 heteroatoms. The van der Waals surface area contributed by atoms with Gasteiger partial charge in [0.2, 0.25) is 0 Å². The standard InChI is InChI=1S/C14H20ClNO/c1-2-16-13-7-4-8-14(13)17-10-11-5-3-6-12(15)9-11/h3,5-6,9,13-14,16H,2,4,7-8,10H2,1H3. The molecule has 0 aromatic heterocycles. The van der Waals surface area contributed by atoms with E-state index in [1.54, 1.807) is 0 Å². The molecule has 2 unspecified atom stereocenters. The first-order valence-electron chi connectivity index (χ1n) is 6.39. The average molecular weight is 254 g/mol. The van der Waals surface area contributed by atoms with Crippen LogP contribution in [-0.2, 0) is 11.3 Å². The van der Waals surface area contributed by atoms with Crippen molar-refractivity contribution in [3.8, 4) is 0 Å². The SMILES string of the molecule is CCNC1CCCC1OCc1cccc(Cl)c1. The first-order valence-corrected chi connectivity index (χ1v) is 6.77. The number of ether oxygens (including phenoxy) is 1. The lowest BCUT2D eigenvalue weighted by Crippen LogP contribution is -2.37. The van der Waals surface area contributed by atoms with Gasteiger partial charge in [-0.2, -0.15) is 0 Å². The number of likely N-dealkylation sites (N-methyl/N-ethyl adjacent to an activating group) is 1. The van der Waals surface area contributed by atoms with Gasteiger partial charge in [-0.05, 0) is 43.5 Å². The van der Waals surface area contributed by atoms with Crippen LogP contribution in [0.5, 0.6) is 0 Å². The molecule has 1 aromatic carbocycles. The smallest absolute Gasteiger partial charge is 0.0732 e. The monoisotopic (exact) mass is 253 g/mol. The molecule has 1 saturated carbocycles. The minimum absolute atomic E-state index is 0.355. The van der Waals surface area contributed by atoms with Gasteiger partial charge in [0.1, 0.15) is 0 Å². The molecule has 2 nitrogen and oxygen atoms in total. The molecule has 1 aliphatic carbocycles. The van der Waals surface area contributed by atoms with E-state index in [0.29, 0.717) is 18.8 Å². The van der Waals surface area contributed by atoms with Crippen molar-refractivity contribution in [2.45, 2.75) is 44.9 Å². The normalized spacial score (nSPS) is 24.1. The molecule has 17 heavy (non-hydrogen) atoms. The van der Waals surface area contributed by atoms with Crippen LogP contribution in [0.3, 0.4) is 0 Å². The maximum absolute atomic E-state index is 5.99. The van der Waals surface area contributed by atoms with Gasteiger partial charge in [0.05, 0.1) is 12.7 Å². The molecule has 0 amide bonds. The average Bonchev–Trinajstić information content (AvgIpc) is 2.75. The summed E-state index contributed by atoms with van der Waals surface area (Å²) in [6, 6.07) is 8.42. The Morgan fingerprint density at radius 3 is 3.06 bits per heavy atom. The van der Waals surface area contributed by atoms with Crippen LogP contribution in [0.15, 0.2) is 24.3 Å². The van der Waals surface area contributed by atoms with Crippen LogP contribution in [0.25, 0.3) is 0 Å². The number of hydrogen-bond donors (Lipinski definition) is 1. The van der Waals surface area contributed by atoms with Crippen LogP contribution in [0.4, 0.5) is 0 Å². The second kappa shape index (κ2) is 6.39. The molecule has 0 heterocycles. The van der Waals surface area contributed by atoms with Gasteiger partial charge in [-0.15, -0.1) is 0 Å². The molecule has 0 aliphatic heterocycles. The Morgan fingerprint density at radius 2 is 2.29 bits per heavy atom. The molecule has 1 aliphatic rings. The van der Waals surface area contributed by atoms with E-state index in [1.165, 1.54) is 12.8 Å². The zero-order valence-electron chi connectivity index (χ0n) is 10.3. The fraction of sp³-hybridized carbons (Fsp3) is 0.571. The zero-order chi connectivity index (χ0) is 12.1. The van der Waals surface area contributed by atoms with Crippen LogP contribution in [0, 0.1) is 0 Å². The minimum Gasteiger partial charge on any atom is -0.372 e. The first-order chi connectivity index (χ1) is 8.29. The summed E-state index contributed by atoms with van der Waals surface area (Å²) in [7, 11) is 0. The Hall–Kier alpha value is -0.570. The van der Waals surface area contributed by atoms with E-state index in [4.69, 9.17) is 16.3 Å². The highest BCUT2D eigenvalue weighted by Crippen LogP contribution is 2.23. The zero-order valence-corrected chi connectivity index (χ0v) is 11.0. The summed E-state index contributed by atoms with van der Waals surface area (Å²) in [5.41, 5.74) is 1.15. The summed E-state index contributed by atoms with van der Waals surface area (Å²) < 4.78 is 5.99. The fourth-order valence-electron chi connectivity index (χ4n) is 2.45. The van der Waals surface area contributed by atoms with Crippen molar-refractivity contribution >= 4 is 11.6 Å². The molecule has 0 bridgehead atoms. The van der Waals surface area contributed by atoms with Crippen LogP contribution in [0.1, 0.15) is 31.7 Å². The Balaban J connectivity index is 1.85. The summed E-state index contributed by atoms with van der Waals surface area (Å²) in [5, 5.41) is 4.27. The Morgan fingerprint density at radius 1 is 1.41 bits per heavy atom. The molecular formula is C14H20ClNO. The molecule has 0 radical (unpaired) electrons. The molecule has 0 spiro atoms. The molecule has 1 fully saturated rings. The van der Waals surface area contributed by atoms with Crippen molar-refractivity contribution in [3.05, 3.63) is 34.9 Å². The summed E-state index contributed by atoms with van der Waals surface area (Å²) in [5.74, 6) is 0. The van der Waals surface area contributed by atoms with Gasteiger partial charge in [0.25, 0.3) is 0 Å². The quantitative estimate of drug-likeness (QED) is 0.869. The third kappa shape index (κ3) is 3.70. The van der Waals surface area contributed by atoms with Crippen molar-refractivity contribution in [1.82, 2.24) is 5.32 Å². The molecule has 2 atom stereocenters. The lowest BCUT2D eigenvalue weighted by atomic mass is 10.2. The fourth-order valence-corrected chi connectivity index (χ4v) is 2.66. The van der Waals surface area contributed by atoms with E-state index in [-0.39, 0.29) is 0 Å². The number of benzene rings is 1.